The van der Waals surface area contributed by atoms with Gasteiger partial charge in [0, 0.05) is 13.1 Å². The number of hydrogen-bond acceptors (Lipinski definition) is 3. The Hall–Kier alpha value is -1.76. The molecule has 23 heavy (non-hydrogen) atoms. The van der Waals surface area contributed by atoms with Gasteiger partial charge in [0.2, 0.25) is 5.91 Å². The second-order valence-electron chi connectivity index (χ2n) is 5.35. The number of carbonyl (C=O) groups excluding carboxylic acids is 1. The highest BCUT2D eigenvalue weighted by atomic mass is 19.4. The van der Waals surface area contributed by atoms with E-state index >= 15 is 0 Å². The Balaban J connectivity index is 2.68. The van der Waals surface area contributed by atoms with Crippen molar-refractivity contribution in [2.24, 2.45) is 11.1 Å². The van der Waals surface area contributed by atoms with Crippen LogP contribution in [0.15, 0.2) is 24.3 Å². The van der Waals surface area contributed by atoms with E-state index in [9.17, 15) is 18.0 Å². The van der Waals surface area contributed by atoms with Crippen LogP contribution in [0.25, 0.3) is 0 Å². The Labute approximate surface area is 134 Å². The first kappa shape index (κ1) is 19.3. The molecule has 0 aliphatic carbocycles. The summed E-state index contributed by atoms with van der Waals surface area (Å²) in [5.41, 5.74) is 5.46. The molecule has 0 atom stereocenters. The number of halogens is 3. The quantitative estimate of drug-likeness (QED) is 0.769. The number of benzene rings is 1. The number of hydrogen-bond donors (Lipinski definition) is 2. The molecule has 0 aliphatic heterocycles. The monoisotopic (exact) mass is 332 g/mol. The Morgan fingerprint density at radius 3 is 2.35 bits per heavy atom. The first-order valence-electron chi connectivity index (χ1n) is 7.60. The summed E-state index contributed by atoms with van der Waals surface area (Å²) in [6.45, 7) is 4.24. The van der Waals surface area contributed by atoms with Gasteiger partial charge in [-0.3, -0.25) is 4.79 Å². The van der Waals surface area contributed by atoms with Crippen LogP contribution in [0.3, 0.4) is 0 Å². The van der Waals surface area contributed by atoms with E-state index in [1.54, 1.807) is 12.1 Å². The maximum atomic E-state index is 12.4. The van der Waals surface area contributed by atoms with E-state index in [1.807, 2.05) is 13.8 Å². The molecule has 7 heteroatoms. The van der Waals surface area contributed by atoms with Crippen LogP contribution in [0.4, 0.5) is 13.2 Å². The third kappa shape index (κ3) is 5.42. The van der Waals surface area contributed by atoms with Crippen molar-refractivity contribution in [3.05, 3.63) is 29.8 Å². The van der Waals surface area contributed by atoms with Gasteiger partial charge >= 0.3 is 6.36 Å². The van der Waals surface area contributed by atoms with Gasteiger partial charge < -0.3 is 15.8 Å². The summed E-state index contributed by atoms with van der Waals surface area (Å²) < 4.78 is 41.1. The predicted octanol–water partition coefficient (Wildman–Crippen LogP) is 3.01. The molecule has 0 heterocycles. The third-order valence-corrected chi connectivity index (χ3v) is 4.10. The van der Waals surface area contributed by atoms with Gasteiger partial charge in [0.05, 0.1) is 5.41 Å². The molecule has 1 aromatic carbocycles. The van der Waals surface area contributed by atoms with Crippen LogP contribution in [0.1, 0.15) is 32.3 Å². The summed E-state index contributed by atoms with van der Waals surface area (Å²) in [6.07, 6.45) is -3.27. The van der Waals surface area contributed by atoms with Crippen LogP contribution >= 0.6 is 0 Å². The van der Waals surface area contributed by atoms with Crippen LogP contribution in [-0.2, 0) is 11.2 Å². The standard InChI is InChI=1S/C16H23F3N2O2/c1-3-15(4-2,11-20)14(22)21-10-9-12-7-5-6-8-13(12)23-16(17,18)19/h5-8H,3-4,9-11,20H2,1-2H3,(H,21,22). The SMILES string of the molecule is CCC(CC)(CN)C(=O)NCCc1ccccc1OC(F)(F)F. The van der Waals surface area contributed by atoms with Crippen molar-refractivity contribution in [1.29, 1.82) is 0 Å². The largest absolute Gasteiger partial charge is 0.573 e. The number of nitrogens with one attached hydrogen (secondary N) is 1. The fourth-order valence-corrected chi connectivity index (χ4v) is 2.39. The van der Waals surface area contributed by atoms with Crippen LogP contribution in [0.2, 0.25) is 0 Å². The molecule has 0 aliphatic rings. The Kier molecular flexibility index (Phi) is 6.87. The highest BCUT2D eigenvalue weighted by molar-refractivity contribution is 5.82. The normalized spacial score (nSPS) is 12.1. The molecular weight excluding hydrogens is 309 g/mol. The Morgan fingerprint density at radius 1 is 1.22 bits per heavy atom. The lowest BCUT2D eigenvalue weighted by molar-refractivity contribution is -0.274. The highest BCUT2D eigenvalue weighted by Gasteiger charge is 2.33. The number of para-hydroxylation sites is 1. The van der Waals surface area contributed by atoms with E-state index < -0.39 is 11.8 Å². The molecule has 0 aromatic heterocycles. The lowest BCUT2D eigenvalue weighted by Gasteiger charge is -2.28. The molecule has 0 saturated carbocycles. The number of ether oxygens (including phenoxy) is 1. The van der Waals surface area contributed by atoms with E-state index in [2.05, 4.69) is 10.1 Å². The van der Waals surface area contributed by atoms with Gasteiger partial charge in [-0.25, -0.2) is 0 Å². The summed E-state index contributed by atoms with van der Waals surface area (Å²) >= 11 is 0. The van der Waals surface area contributed by atoms with Gasteiger partial charge in [0.15, 0.2) is 0 Å². The minimum Gasteiger partial charge on any atom is -0.406 e. The van der Waals surface area contributed by atoms with Gasteiger partial charge in [0.1, 0.15) is 5.75 Å². The minimum absolute atomic E-state index is 0.167. The molecule has 1 aromatic rings. The van der Waals surface area contributed by atoms with Crippen LogP contribution in [0.5, 0.6) is 5.75 Å². The number of amides is 1. The van der Waals surface area contributed by atoms with E-state index in [0.29, 0.717) is 18.4 Å². The topological polar surface area (TPSA) is 64.4 Å². The molecule has 0 radical (unpaired) electrons. The summed E-state index contributed by atoms with van der Waals surface area (Å²) in [5.74, 6) is -0.412. The molecule has 0 saturated heterocycles. The molecule has 3 N–H and O–H groups in total. The van der Waals surface area contributed by atoms with Gasteiger partial charge in [-0.15, -0.1) is 13.2 Å². The molecule has 0 bridgehead atoms. The van der Waals surface area contributed by atoms with Crippen LogP contribution in [0, 0.1) is 5.41 Å². The zero-order valence-electron chi connectivity index (χ0n) is 13.4. The Bertz CT molecular complexity index is 506. The first-order valence-corrected chi connectivity index (χ1v) is 7.60. The zero-order valence-corrected chi connectivity index (χ0v) is 13.4. The van der Waals surface area contributed by atoms with Crippen molar-refractivity contribution >= 4 is 5.91 Å². The van der Waals surface area contributed by atoms with Crippen molar-refractivity contribution in [2.45, 2.75) is 39.5 Å². The average Bonchev–Trinajstić information content (AvgIpc) is 2.50. The lowest BCUT2D eigenvalue weighted by atomic mass is 9.81. The summed E-state index contributed by atoms with van der Waals surface area (Å²) in [7, 11) is 0. The van der Waals surface area contributed by atoms with Crippen molar-refractivity contribution in [3.63, 3.8) is 0 Å². The van der Waals surface area contributed by atoms with Crippen LogP contribution < -0.4 is 15.8 Å². The fraction of sp³-hybridized carbons (Fsp3) is 0.562. The van der Waals surface area contributed by atoms with E-state index in [-0.39, 0.29) is 31.2 Å². The van der Waals surface area contributed by atoms with Crippen molar-refractivity contribution < 1.29 is 22.7 Å². The van der Waals surface area contributed by atoms with Gasteiger partial charge in [-0.1, -0.05) is 32.0 Å². The second-order valence-corrected chi connectivity index (χ2v) is 5.35. The summed E-state index contributed by atoms with van der Waals surface area (Å²) in [4.78, 5) is 12.3. The first-order chi connectivity index (χ1) is 10.8. The lowest BCUT2D eigenvalue weighted by Crippen LogP contribution is -2.45. The number of rotatable bonds is 8. The maximum Gasteiger partial charge on any atom is 0.573 e. The van der Waals surface area contributed by atoms with E-state index in [1.165, 1.54) is 12.1 Å². The second kappa shape index (κ2) is 8.19. The van der Waals surface area contributed by atoms with Crippen molar-refractivity contribution in [1.82, 2.24) is 5.32 Å². The summed E-state index contributed by atoms with van der Waals surface area (Å²) in [5, 5.41) is 2.76. The third-order valence-electron chi connectivity index (χ3n) is 4.10. The zero-order chi connectivity index (χ0) is 17.5. The molecule has 0 unspecified atom stereocenters. The predicted molar refractivity (Wildman–Crippen MR) is 81.9 cm³/mol. The maximum absolute atomic E-state index is 12.4. The van der Waals surface area contributed by atoms with Gasteiger partial charge in [-0.05, 0) is 30.9 Å². The van der Waals surface area contributed by atoms with Crippen molar-refractivity contribution in [2.75, 3.05) is 13.1 Å². The van der Waals surface area contributed by atoms with Gasteiger partial charge in [0.25, 0.3) is 0 Å². The smallest absolute Gasteiger partial charge is 0.406 e. The number of nitrogens with two attached hydrogens (primary N) is 1. The molecule has 0 spiro atoms. The molecular formula is C16H23F3N2O2. The average molecular weight is 332 g/mol. The fourth-order valence-electron chi connectivity index (χ4n) is 2.39. The molecule has 4 nitrogen and oxygen atoms in total. The summed E-state index contributed by atoms with van der Waals surface area (Å²) in [6, 6.07) is 5.90. The number of alkyl halides is 3. The molecule has 130 valence electrons. The van der Waals surface area contributed by atoms with Crippen molar-refractivity contribution in [3.8, 4) is 5.75 Å². The minimum atomic E-state index is -4.74. The number of carbonyl (C=O) groups is 1. The molecule has 1 amide bonds. The van der Waals surface area contributed by atoms with E-state index in [0.717, 1.165) is 0 Å². The van der Waals surface area contributed by atoms with E-state index in [4.69, 9.17) is 5.73 Å². The molecule has 1 rings (SSSR count). The highest BCUT2D eigenvalue weighted by Crippen LogP contribution is 2.27. The molecule has 0 fully saturated rings. The van der Waals surface area contributed by atoms with Crippen LogP contribution in [-0.4, -0.2) is 25.4 Å². The van der Waals surface area contributed by atoms with Gasteiger partial charge in [-0.2, -0.15) is 0 Å². The Morgan fingerprint density at radius 2 is 1.83 bits per heavy atom.